The van der Waals surface area contributed by atoms with Crippen LogP contribution in [0.25, 0.3) is 11.1 Å². The van der Waals surface area contributed by atoms with E-state index in [1.165, 1.54) is 24.3 Å². The highest BCUT2D eigenvalue weighted by Gasteiger charge is 2.39. The Morgan fingerprint density at radius 1 is 1.00 bits per heavy atom. The van der Waals surface area contributed by atoms with E-state index in [9.17, 15) is 31.8 Å². The number of nitrogens with two attached hydrogens (primary N) is 1. The molecule has 2 aromatic rings. The lowest BCUT2D eigenvalue weighted by atomic mass is 9.85. The van der Waals surface area contributed by atoms with E-state index in [0.717, 1.165) is 18.3 Å². The molecule has 6 nitrogen and oxygen atoms in total. The van der Waals surface area contributed by atoms with Crippen molar-refractivity contribution in [2.24, 2.45) is 10.6 Å². The van der Waals surface area contributed by atoms with Crippen molar-refractivity contribution in [2.75, 3.05) is 13.2 Å². The maximum absolute atomic E-state index is 12.9. The number of hydrogen-bond donors (Lipinski definition) is 3. The van der Waals surface area contributed by atoms with Crippen molar-refractivity contribution >= 4 is 21.2 Å². The number of nitrogens with zero attached hydrogens (tertiary/aromatic N) is 1. The number of aliphatic hydroxyl groups excluding tert-OH is 2. The van der Waals surface area contributed by atoms with Crippen molar-refractivity contribution in [3.8, 4) is 0 Å². The zero-order chi connectivity index (χ0) is 21.4. The number of halogens is 3. The molecule has 0 unspecified atom stereocenters. The number of aliphatic hydroxyl groups is 2. The van der Waals surface area contributed by atoms with Gasteiger partial charge in [0.1, 0.15) is 4.90 Å². The number of alkyl halides is 3. The van der Waals surface area contributed by atoms with Crippen molar-refractivity contribution in [2.45, 2.75) is 23.9 Å². The Kier molecular flexibility index (Phi) is 5.56. The molecule has 0 fully saturated rings. The zero-order valence-corrected chi connectivity index (χ0v) is 16.0. The summed E-state index contributed by atoms with van der Waals surface area (Å²) < 4.78 is 61.4. The van der Waals surface area contributed by atoms with E-state index in [1.54, 1.807) is 0 Å². The van der Waals surface area contributed by atoms with Crippen LogP contribution in [0.2, 0.25) is 0 Å². The first-order valence-electron chi connectivity index (χ1n) is 8.60. The number of hydrogen-bond acceptors (Lipinski definition) is 5. The third-order valence-corrected chi connectivity index (χ3v) is 5.97. The van der Waals surface area contributed by atoms with Gasteiger partial charge in [0.25, 0.3) is 0 Å². The van der Waals surface area contributed by atoms with E-state index in [4.69, 9.17) is 5.14 Å². The Morgan fingerprint density at radius 3 is 2.03 bits per heavy atom. The van der Waals surface area contributed by atoms with Crippen LogP contribution in [-0.4, -0.2) is 36.8 Å². The number of primary sulfonamides is 1. The summed E-state index contributed by atoms with van der Waals surface area (Å²) in [5.41, 5.74) is 0.498. The minimum atomic E-state index is -4.46. The van der Waals surface area contributed by atoms with Gasteiger partial charge in [0.05, 0.1) is 24.5 Å². The van der Waals surface area contributed by atoms with E-state index in [1.807, 2.05) is 0 Å². The summed E-state index contributed by atoms with van der Waals surface area (Å²) in [5, 5.41) is 24.7. The molecule has 29 heavy (non-hydrogen) atoms. The first-order valence-corrected chi connectivity index (χ1v) is 10.1. The van der Waals surface area contributed by atoms with Crippen molar-refractivity contribution in [1.82, 2.24) is 4.98 Å². The molecule has 0 atom stereocenters. The fraction of sp³-hybridized carbons (Fsp3) is 0.316. The first-order chi connectivity index (χ1) is 13.5. The fourth-order valence-corrected chi connectivity index (χ4v) is 3.87. The summed E-state index contributed by atoms with van der Waals surface area (Å²) in [4.78, 5) is 3.96. The topological polar surface area (TPSA) is 114 Å². The molecule has 0 radical (unpaired) electrons. The van der Waals surface area contributed by atoms with E-state index < -0.39 is 27.2 Å². The van der Waals surface area contributed by atoms with Gasteiger partial charge in [-0.15, -0.1) is 0 Å². The van der Waals surface area contributed by atoms with Gasteiger partial charge in [-0.3, -0.25) is 4.98 Å². The van der Waals surface area contributed by atoms with Gasteiger partial charge in [-0.05, 0) is 53.8 Å². The van der Waals surface area contributed by atoms with Crippen molar-refractivity contribution in [3.63, 3.8) is 0 Å². The lowest BCUT2D eigenvalue weighted by molar-refractivity contribution is -0.137. The molecule has 0 amide bonds. The molecule has 0 spiro atoms. The molecule has 4 N–H and O–H groups in total. The van der Waals surface area contributed by atoms with Crippen LogP contribution in [-0.2, 0) is 16.2 Å². The second-order valence-electron chi connectivity index (χ2n) is 7.13. The van der Waals surface area contributed by atoms with Gasteiger partial charge in [-0.25, -0.2) is 13.6 Å². The summed E-state index contributed by atoms with van der Waals surface area (Å²) in [7, 11) is -3.92. The van der Waals surface area contributed by atoms with E-state index >= 15 is 0 Å². The Morgan fingerprint density at radius 2 is 1.59 bits per heavy atom. The van der Waals surface area contributed by atoms with Crippen LogP contribution in [0.1, 0.15) is 29.7 Å². The quantitative estimate of drug-likeness (QED) is 0.677. The van der Waals surface area contributed by atoms with E-state index in [-0.39, 0.29) is 31.0 Å². The Hall–Kier alpha value is -2.27. The Balaban J connectivity index is 2.08. The molecule has 156 valence electrons. The maximum Gasteiger partial charge on any atom is 0.416 e. The number of rotatable bonds is 5. The van der Waals surface area contributed by atoms with Gasteiger partial charge >= 0.3 is 6.18 Å². The average molecular weight is 428 g/mol. The Bertz CT molecular complexity index is 1030. The van der Waals surface area contributed by atoms with Gasteiger partial charge in [0, 0.05) is 11.6 Å². The lowest BCUT2D eigenvalue weighted by Crippen LogP contribution is -2.27. The summed E-state index contributed by atoms with van der Waals surface area (Å²) in [6.07, 6.45) is -2.90. The molecule has 0 aliphatic heterocycles. The van der Waals surface area contributed by atoms with Crippen molar-refractivity contribution < 1.29 is 31.8 Å². The number of pyridine rings is 1. The second kappa shape index (κ2) is 7.52. The van der Waals surface area contributed by atoms with E-state index in [0.29, 0.717) is 22.4 Å². The number of benzene rings is 1. The SMILES string of the molecule is NS(=O)(=O)c1ccc(C2=C(c3ccc(C(F)(F)F)cc3)CC(CO)(CO)C2)nc1. The molecule has 1 heterocycles. The van der Waals surface area contributed by atoms with Crippen molar-refractivity contribution in [3.05, 3.63) is 59.4 Å². The molecule has 1 aromatic carbocycles. The predicted octanol–water partition coefficient (Wildman–Crippen LogP) is 2.42. The highest BCUT2D eigenvalue weighted by Crippen LogP contribution is 2.49. The predicted molar refractivity (Wildman–Crippen MR) is 99.7 cm³/mol. The van der Waals surface area contributed by atoms with Gasteiger partial charge in [-0.1, -0.05) is 12.1 Å². The maximum atomic E-state index is 12.9. The van der Waals surface area contributed by atoms with Crippen LogP contribution in [0.15, 0.2) is 47.5 Å². The summed E-state index contributed by atoms with van der Waals surface area (Å²) in [5.74, 6) is 0. The minimum Gasteiger partial charge on any atom is -0.396 e. The number of allylic oxidation sites excluding steroid dienone is 2. The van der Waals surface area contributed by atoms with Crippen LogP contribution in [0, 0.1) is 5.41 Å². The van der Waals surface area contributed by atoms with Crippen LogP contribution in [0.5, 0.6) is 0 Å². The molecular formula is C19H19F3N2O4S. The highest BCUT2D eigenvalue weighted by molar-refractivity contribution is 7.89. The lowest BCUT2D eigenvalue weighted by Gasteiger charge is -2.24. The summed E-state index contributed by atoms with van der Waals surface area (Å²) >= 11 is 0. The monoisotopic (exact) mass is 428 g/mol. The summed E-state index contributed by atoms with van der Waals surface area (Å²) in [6.45, 7) is -0.654. The van der Waals surface area contributed by atoms with Crippen LogP contribution in [0.3, 0.4) is 0 Å². The molecule has 0 bridgehead atoms. The normalized spacial score (nSPS) is 17.0. The van der Waals surface area contributed by atoms with Gasteiger partial charge in [-0.2, -0.15) is 13.2 Å². The third kappa shape index (κ3) is 4.35. The first kappa shape index (κ1) is 21.4. The smallest absolute Gasteiger partial charge is 0.396 e. The molecule has 1 aliphatic carbocycles. The average Bonchev–Trinajstić information content (AvgIpc) is 3.07. The van der Waals surface area contributed by atoms with Gasteiger partial charge < -0.3 is 10.2 Å². The highest BCUT2D eigenvalue weighted by atomic mass is 32.2. The van der Waals surface area contributed by atoms with Crippen LogP contribution in [0.4, 0.5) is 13.2 Å². The van der Waals surface area contributed by atoms with Crippen LogP contribution >= 0.6 is 0 Å². The summed E-state index contributed by atoms with van der Waals surface area (Å²) in [6, 6.07) is 7.34. The number of sulfonamides is 1. The Labute approximate surface area is 165 Å². The number of aromatic nitrogens is 1. The fourth-order valence-electron chi connectivity index (χ4n) is 3.41. The molecular weight excluding hydrogens is 409 g/mol. The molecule has 3 rings (SSSR count). The van der Waals surface area contributed by atoms with Crippen molar-refractivity contribution in [1.29, 1.82) is 0 Å². The molecule has 1 aromatic heterocycles. The molecule has 1 aliphatic rings. The second-order valence-corrected chi connectivity index (χ2v) is 8.69. The van der Waals surface area contributed by atoms with Crippen LogP contribution < -0.4 is 5.14 Å². The molecule has 0 saturated carbocycles. The van der Waals surface area contributed by atoms with Gasteiger partial charge in [0.15, 0.2) is 0 Å². The molecule has 0 saturated heterocycles. The standard InChI is InChI=1S/C19H19F3N2O4S/c20-19(21,22)13-3-1-12(2-4-13)15-7-18(10-25,11-26)8-16(15)17-6-5-14(9-24-17)29(23,27)28/h1-6,9,25-26H,7-8,10-11H2,(H2,23,27,28). The zero-order valence-electron chi connectivity index (χ0n) is 15.1. The third-order valence-electron chi connectivity index (χ3n) is 5.07. The minimum absolute atomic E-state index is 0.175. The largest absolute Gasteiger partial charge is 0.416 e. The van der Waals surface area contributed by atoms with E-state index in [2.05, 4.69) is 4.98 Å². The molecule has 10 heteroatoms. The van der Waals surface area contributed by atoms with Gasteiger partial charge in [0.2, 0.25) is 10.0 Å².